The predicted molar refractivity (Wildman–Crippen MR) is 30.2 cm³/mol. The Labute approximate surface area is 48.7 Å². The number of rotatable bonds is 2. The molecule has 1 saturated heterocycles. The molecule has 1 N–H and O–H groups in total. The normalized spacial score (nSPS) is 26.4. The van der Waals surface area contributed by atoms with Crippen LogP contribution in [0.25, 0.3) is 0 Å². The van der Waals surface area contributed by atoms with E-state index < -0.39 is 0 Å². The number of hydrogen-bond acceptors (Lipinski definition) is 2. The molecule has 1 aliphatic rings. The van der Waals surface area contributed by atoms with E-state index in [1.54, 1.807) is 11.9 Å². The summed E-state index contributed by atoms with van der Waals surface area (Å²) < 4.78 is 0. The van der Waals surface area contributed by atoms with Gasteiger partial charge in [0, 0.05) is 13.6 Å². The van der Waals surface area contributed by atoms with Crippen LogP contribution in [0.2, 0.25) is 0 Å². The van der Waals surface area contributed by atoms with Crippen molar-refractivity contribution in [3.05, 3.63) is 0 Å². The topological polar surface area (TPSA) is 32.3 Å². The molecule has 0 radical (unpaired) electrons. The number of hydrogen-bond donors (Lipinski definition) is 1. The van der Waals surface area contributed by atoms with E-state index in [1.807, 2.05) is 0 Å². The van der Waals surface area contributed by atoms with E-state index in [0.29, 0.717) is 6.17 Å². The lowest BCUT2D eigenvalue weighted by molar-refractivity contribution is -0.120. The smallest absolute Gasteiger partial charge is 0.210 e. The van der Waals surface area contributed by atoms with Gasteiger partial charge in [0.1, 0.15) is 0 Å². The molecule has 1 amide bonds. The van der Waals surface area contributed by atoms with Gasteiger partial charge in [-0.3, -0.25) is 10.1 Å². The Morgan fingerprint density at radius 2 is 2.50 bits per heavy atom. The average Bonchev–Trinajstić information content (AvgIpc) is 1.62. The minimum atomic E-state index is 0.312. The Balaban J connectivity index is 2.22. The van der Waals surface area contributed by atoms with Gasteiger partial charge in [0.05, 0.1) is 6.17 Å². The van der Waals surface area contributed by atoms with E-state index in [1.165, 1.54) is 0 Å². The first-order chi connectivity index (χ1) is 3.84. The van der Waals surface area contributed by atoms with Crippen molar-refractivity contribution >= 4 is 6.41 Å². The van der Waals surface area contributed by atoms with Crippen LogP contribution in [0.15, 0.2) is 0 Å². The van der Waals surface area contributed by atoms with Gasteiger partial charge in [-0.2, -0.15) is 0 Å². The fourth-order valence-corrected chi connectivity index (χ4v) is 0.695. The summed E-state index contributed by atoms with van der Waals surface area (Å²) in [6, 6.07) is 0. The summed E-state index contributed by atoms with van der Waals surface area (Å²) in [5.41, 5.74) is 0. The van der Waals surface area contributed by atoms with Crippen molar-refractivity contribution < 1.29 is 4.79 Å². The van der Waals surface area contributed by atoms with Crippen LogP contribution in [0.5, 0.6) is 0 Å². The minimum absolute atomic E-state index is 0.312. The van der Waals surface area contributed by atoms with E-state index in [4.69, 9.17) is 0 Å². The summed E-state index contributed by atoms with van der Waals surface area (Å²) in [4.78, 5) is 11.7. The predicted octanol–water partition coefficient (Wildman–Crippen LogP) is -0.606. The molecule has 0 aromatic carbocycles. The van der Waals surface area contributed by atoms with E-state index in [-0.39, 0.29) is 0 Å². The van der Waals surface area contributed by atoms with Crippen LogP contribution in [-0.4, -0.2) is 31.1 Å². The molecule has 0 aromatic rings. The summed E-state index contributed by atoms with van der Waals surface area (Å²) in [5, 5.41) is 3.09. The van der Waals surface area contributed by atoms with Crippen molar-refractivity contribution in [3.8, 4) is 0 Å². The van der Waals surface area contributed by atoms with E-state index in [9.17, 15) is 4.79 Å². The summed E-state index contributed by atoms with van der Waals surface area (Å²) >= 11 is 0. The van der Waals surface area contributed by atoms with Gasteiger partial charge in [0.2, 0.25) is 6.41 Å². The van der Waals surface area contributed by atoms with Crippen LogP contribution < -0.4 is 5.32 Å². The van der Waals surface area contributed by atoms with Crippen LogP contribution in [0.3, 0.4) is 0 Å². The highest BCUT2D eigenvalue weighted by Gasteiger charge is 2.18. The highest BCUT2D eigenvalue weighted by Crippen LogP contribution is 2.02. The monoisotopic (exact) mass is 114 g/mol. The summed E-state index contributed by atoms with van der Waals surface area (Å²) in [6.45, 7) is 1.04. The standard InChI is InChI=1S/C5H10N2O/c1-7(4-8)5-2-3-6-5/h4-6H,2-3H2,1H3. The van der Waals surface area contributed by atoms with Crippen LogP contribution in [0, 0.1) is 0 Å². The summed E-state index contributed by atoms with van der Waals surface area (Å²) in [5.74, 6) is 0. The second kappa shape index (κ2) is 2.13. The second-order valence-corrected chi connectivity index (χ2v) is 2.03. The Bertz CT molecular complexity index is 90.4. The first kappa shape index (κ1) is 5.56. The highest BCUT2D eigenvalue weighted by atomic mass is 16.1. The van der Waals surface area contributed by atoms with Crippen molar-refractivity contribution in [1.82, 2.24) is 10.2 Å². The van der Waals surface area contributed by atoms with E-state index in [0.717, 1.165) is 19.4 Å². The van der Waals surface area contributed by atoms with E-state index >= 15 is 0 Å². The molecule has 1 rings (SSSR count). The maximum absolute atomic E-state index is 10.0. The molecule has 0 aromatic heterocycles. The number of nitrogens with one attached hydrogen (secondary N) is 1. The lowest BCUT2D eigenvalue weighted by Crippen LogP contribution is -2.52. The number of nitrogens with zero attached hydrogens (tertiary/aromatic N) is 1. The third-order valence-corrected chi connectivity index (χ3v) is 1.46. The Kier molecular flexibility index (Phi) is 1.48. The summed E-state index contributed by atoms with van der Waals surface area (Å²) in [7, 11) is 1.78. The molecule has 0 aliphatic carbocycles. The molecular formula is C5H10N2O. The third kappa shape index (κ3) is 0.816. The van der Waals surface area contributed by atoms with Gasteiger partial charge < -0.3 is 4.90 Å². The van der Waals surface area contributed by atoms with Gasteiger partial charge in [0.25, 0.3) is 0 Å². The quantitative estimate of drug-likeness (QED) is 0.486. The molecule has 3 heteroatoms. The fraction of sp³-hybridized carbons (Fsp3) is 0.800. The lowest BCUT2D eigenvalue weighted by Gasteiger charge is -2.33. The SMILES string of the molecule is CN(C=O)C1CCN1. The average molecular weight is 114 g/mol. The maximum Gasteiger partial charge on any atom is 0.210 e. The molecule has 8 heavy (non-hydrogen) atoms. The molecule has 1 fully saturated rings. The molecule has 0 spiro atoms. The molecule has 46 valence electrons. The van der Waals surface area contributed by atoms with Gasteiger partial charge in [-0.1, -0.05) is 0 Å². The van der Waals surface area contributed by atoms with Crippen LogP contribution in [0.4, 0.5) is 0 Å². The first-order valence-electron chi connectivity index (χ1n) is 2.75. The van der Waals surface area contributed by atoms with Crippen LogP contribution in [0.1, 0.15) is 6.42 Å². The zero-order valence-corrected chi connectivity index (χ0v) is 4.92. The fourth-order valence-electron chi connectivity index (χ4n) is 0.695. The van der Waals surface area contributed by atoms with Gasteiger partial charge in [-0.05, 0) is 6.42 Å². The zero-order chi connectivity index (χ0) is 5.98. The minimum Gasteiger partial charge on any atom is -0.333 e. The largest absolute Gasteiger partial charge is 0.333 e. The zero-order valence-electron chi connectivity index (χ0n) is 4.92. The molecule has 1 aliphatic heterocycles. The number of carbonyl (C=O) groups is 1. The molecule has 1 heterocycles. The third-order valence-electron chi connectivity index (χ3n) is 1.46. The van der Waals surface area contributed by atoms with Gasteiger partial charge >= 0.3 is 0 Å². The molecule has 0 saturated carbocycles. The van der Waals surface area contributed by atoms with Gasteiger partial charge in [-0.15, -0.1) is 0 Å². The second-order valence-electron chi connectivity index (χ2n) is 2.03. The highest BCUT2D eigenvalue weighted by molar-refractivity contribution is 5.47. The Morgan fingerprint density at radius 3 is 2.62 bits per heavy atom. The van der Waals surface area contributed by atoms with Gasteiger partial charge in [-0.25, -0.2) is 0 Å². The lowest BCUT2D eigenvalue weighted by atomic mass is 10.2. The molecule has 3 nitrogen and oxygen atoms in total. The first-order valence-corrected chi connectivity index (χ1v) is 2.75. The molecule has 0 bridgehead atoms. The van der Waals surface area contributed by atoms with Crippen molar-refractivity contribution in [2.24, 2.45) is 0 Å². The van der Waals surface area contributed by atoms with Crippen LogP contribution in [-0.2, 0) is 4.79 Å². The van der Waals surface area contributed by atoms with Crippen LogP contribution >= 0.6 is 0 Å². The summed E-state index contributed by atoms with van der Waals surface area (Å²) in [6.07, 6.45) is 2.25. The molecule has 1 atom stereocenters. The van der Waals surface area contributed by atoms with Crippen molar-refractivity contribution in [2.45, 2.75) is 12.6 Å². The van der Waals surface area contributed by atoms with Crippen molar-refractivity contribution in [3.63, 3.8) is 0 Å². The van der Waals surface area contributed by atoms with E-state index in [2.05, 4.69) is 5.32 Å². The van der Waals surface area contributed by atoms with Crippen molar-refractivity contribution in [2.75, 3.05) is 13.6 Å². The maximum atomic E-state index is 10.0. The molecular weight excluding hydrogens is 104 g/mol. The van der Waals surface area contributed by atoms with Gasteiger partial charge in [0.15, 0.2) is 0 Å². The Morgan fingerprint density at radius 1 is 1.88 bits per heavy atom. The molecule has 1 unspecified atom stereocenters. The number of carbonyl (C=O) groups excluding carboxylic acids is 1. The Hall–Kier alpha value is -0.570. The number of amides is 1. The van der Waals surface area contributed by atoms with Crippen molar-refractivity contribution in [1.29, 1.82) is 0 Å².